The Morgan fingerprint density at radius 2 is 1.62 bits per heavy atom. The lowest BCUT2D eigenvalue weighted by Gasteiger charge is -2.24. The molecule has 2 atom stereocenters. The van der Waals surface area contributed by atoms with Gasteiger partial charge >= 0.3 is 0 Å². The third kappa shape index (κ3) is 3.01. The van der Waals surface area contributed by atoms with Crippen molar-refractivity contribution >= 4 is 27.5 Å². The molecule has 1 aromatic rings. The number of hydrogen-bond donors (Lipinski definition) is 0. The molecule has 1 aromatic carbocycles. The quantitative estimate of drug-likeness (QED) is 0.634. The van der Waals surface area contributed by atoms with Crippen molar-refractivity contribution in [2.45, 2.75) is 40.0 Å². The molecule has 2 unspecified atom stereocenters. The van der Waals surface area contributed by atoms with Crippen molar-refractivity contribution in [3.8, 4) is 0 Å². The van der Waals surface area contributed by atoms with E-state index in [2.05, 4.69) is 62.7 Å². The predicted octanol–water partition coefficient (Wildman–Crippen LogP) is 5.64. The molecule has 2 heteroatoms. The van der Waals surface area contributed by atoms with E-state index in [1.54, 1.807) is 0 Å². The molecule has 0 amide bonds. The zero-order chi connectivity index (χ0) is 12.5. The molecule has 1 rings (SSSR count). The highest BCUT2D eigenvalue weighted by Crippen LogP contribution is 2.36. The monoisotopic (exact) mass is 302 g/mol. The predicted molar refractivity (Wildman–Crippen MR) is 76.2 cm³/mol. The summed E-state index contributed by atoms with van der Waals surface area (Å²) >= 11 is 10.1. The molecule has 0 radical (unpaired) electrons. The van der Waals surface area contributed by atoms with Crippen LogP contribution in [0.15, 0.2) is 16.6 Å². The van der Waals surface area contributed by atoms with Crippen molar-refractivity contribution in [1.82, 2.24) is 0 Å². The van der Waals surface area contributed by atoms with Crippen molar-refractivity contribution in [2.24, 2.45) is 11.8 Å². The maximum absolute atomic E-state index is 6.57. The van der Waals surface area contributed by atoms with Crippen LogP contribution in [0.25, 0.3) is 0 Å². The molecule has 0 heterocycles. The van der Waals surface area contributed by atoms with Crippen LogP contribution in [0.5, 0.6) is 0 Å². The van der Waals surface area contributed by atoms with E-state index < -0.39 is 0 Å². The van der Waals surface area contributed by atoms with Gasteiger partial charge in [-0.2, -0.15) is 0 Å². The average Bonchev–Trinajstić information content (AvgIpc) is 2.21. The van der Waals surface area contributed by atoms with Crippen molar-refractivity contribution < 1.29 is 0 Å². The van der Waals surface area contributed by atoms with E-state index in [0.29, 0.717) is 11.8 Å². The highest BCUT2D eigenvalue weighted by atomic mass is 79.9. The third-order valence-electron chi connectivity index (χ3n) is 3.36. The van der Waals surface area contributed by atoms with E-state index >= 15 is 0 Å². The summed E-state index contributed by atoms with van der Waals surface area (Å²) in [6.07, 6.45) is 0. The lowest BCUT2D eigenvalue weighted by Crippen LogP contribution is -2.12. The summed E-state index contributed by atoms with van der Waals surface area (Å²) in [5, 5.41) is 0.104. The second kappa shape index (κ2) is 5.55. The van der Waals surface area contributed by atoms with Gasteiger partial charge in [0.15, 0.2) is 0 Å². The number of rotatable bonds is 3. The topological polar surface area (TPSA) is 0 Å². The van der Waals surface area contributed by atoms with Gasteiger partial charge in [0.1, 0.15) is 0 Å². The molecule has 0 saturated carbocycles. The van der Waals surface area contributed by atoms with Gasteiger partial charge in [-0.15, -0.1) is 11.6 Å². The minimum absolute atomic E-state index is 0.104. The van der Waals surface area contributed by atoms with Gasteiger partial charge < -0.3 is 0 Å². The van der Waals surface area contributed by atoms with Crippen molar-refractivity contribution in [2.75, 3.05) is 0 Å². The van der Waals surface area contributed by atoms with E-state index in [0.717, 1.165) is 4.47 Å². The standard InChI is InChI=1S/C14H20BrCl/c1-8(2)11(5)14(16)12-6-10(4)13(15)7-9(12)3/h6-8,11,14H,1-5H3. The molecule has 90 valence electrons. The van der Waals surface area contributed by atoms with Gasteiger partial charge in [0.05, 0.1) is 5.38 Å². The van der Waals surface area contributed by atoms with Crippen LogP contribution in [0.2, 0.25) is 0 Å². The van der Waals surface area contributed by atoms with Crippen LogP contribution in [0.1, 0.15) is 42.8 Å². The number of alkyl halides is 1. The van der Waals surface area contributed by atoms with Crippen LogP contribution in [0.3, 0.4) is 0 Å². The lowest BCUT2D eigenvalue weighted by atomic mass is 9.88. The fourth-order valence-electron chi connectivity index (χ4n) is 1.72. The Bertz CT molecular complexity index is 371. The lowest BCUT2D eigenvalue weighted by molar-refractivity contribution is 0.405. The minimum atomic E-state index is 0.104. The Morgan fingerprint density at radius 1 is 1.06 bits per heavy atom. The zero-order valence-electron chi connectivity index (χ0n) is 10.6. The first-order chi connectivity index (χ1) is 7.34. The van der Waals surface area contributed by atoms with Gasteiger partial charge in [-0.3, -0.25) is 0 Å². The molecule has 0 aromatic heterocycles. The van der Waals surface area contributed by atoms with Crippen LogP contribution in [-0.4, -0.2) is 0 Å². The van der Waals surface area contributed by atoms with Crippen molar-refractivity contribution in [1.29, 1.82) is 0 Å². The van der Waals surface area contributed by atoms with Gasteiger partial charge in [0, 0.05) is 4.47 Å². The highest BCUT2D eigenvalue weighted by molar-refractivity contribution is 9.10. The van der Waals surface area contributed by atoms with Gasteiger partial charge in [0.25, 0.3) is 0 Å². The molecule has 0 aliphatic rings. The average molecular weight is 304 g/mol. The van der Waals surface area contributed by atoms with Crippen LogP contribution >= 0.6 is 27.5 Å². The molecule has 16 heavy (non-hydrogen) atoms. The molecule has 0 nitrogen and oxygen atoms in total. The second-order valence-corrected chi connectivity index (χ2v) is 6.29. The first kappa shape index (κ1) is 14.1. The zero-order valence-corrected chi connectivity index (χ0v) is 13.0. The molecule has 0 saturated heterocycles. The van der Waals surface area contributed by atoms with Gasteiger partial charge in [-0.05, 0) is 48.4 Å². The normalized spacial score (nSPS) is 15.2. The molecule has 0 bridgehead atoms. The maximum Gasteiger partial charge on any atom is 0.0615 e. The van der Waals surface area contributed by atoms with Crippen LogP contribution < -0.4 is 0 Å². The summed E-state index contributed by atoms with van der Waals surface area (Å²) in [6.45, 7) is 10.9. The van der Waals surface area contributed by atoms with E-state index in [1.165, 1.54) is 16.7 Å². The molecule has 0 N–H and O–H groups in total. The van der Waals surface area contributed by atoms with Crippen molar-refractivity contribution in [3.63, 3.8) is 0 Å². The van der Waals surface area contributed by atoms with E-state index in [9.17, 15) is 0 Å². The Balaban J connectivity index is 3.08. The Hall–Kier alpha value is -0.0100. The Kier molecular flexibility index (Phi) is 4.88. The first-order valence-corrected chi connectivity index (χ1v) is 6.98. The van der Waals surface area contributed by atoms with Crippen molar-refractivity contribution in [3.05, 3.63) is 33.3 Å². The summed E-state index contributed by atoms with van der Waals surface area (Å²) < 4.78 is 1.16. The van der Waals surface area contributed by atoms with Gasteiger partial charge in [-0.25, -0.2) is 0 Å². The van der Waals surface area contributed by atoms with Crippen LogP contribution in [-0.2, 0) is 0 Å². The number of halogens is 2. The van der Waals surface area contributed by atoms with Gasteiger partial charge in [0.2, 0.25) is 0 Å². The Morgan fingerprint density at radius 3 is 2.12 bits per heavy atom. The third-order valence-corrected chi connectivity index (χ3v) is 4.84. The van der Waals surface area contributed by atoms with E-state index in [-0.39, 0.29) is 5.38 Å². The van der Waals surface area contributed by atoms with E-state index in [4.69, 9.17) is 11.6 Å². The van der Waals surface area contributed by atoms with Crippen LogP contribution in [0, 0.1) is 25.7 Å². The number of hydrogen-bond acceptors (Lipinski definition) is 0. The number of aryl methyl sites for hydroxylation is 2. The summed E-state index contributed by atoms with van der Waals surface area (Å²) in [5.41, 5.74) is 3.79. The van der Waals surface area contributed by atoms with E-state index in [1.807, 2.05) is 0 Å². The maximum atomic E-state index is 6.57. The first-order valence-electron chi connectivity index (χ1n) is 5.75. The molecule has 0 aliphatic carbocycles. The largest absolute Gasteiger partial charge is 0.118 e. The van der Waals surface area contributed by atoms with Gasteiger partial charge in [-0.1, -0.05) is 42.8 Å². The summed E-state index contributed by atoms with van der Waals surface area (Å²) in [4.78, 5) is 0. The minimum Gasteiger partial charge on any atom is -0.118 e. The SMILES string of the molecule is Cc1cc(C(Cl)C(C)C(C)C)c(C)cc1Br. The second-order valence-electron chi connectivity index (χ2n) is 4.96. The molecule has 0 fully saturated rings. The van der Waals surface area contributed by atoms with Crippen LogP contribution in [0.4, 0.5) is 0 Å². The summed E-state index contributed by atoms with van der Waals surface area (Å²) in [5.74, 6) is 1.09. The molecule has 0 spiro atoms. The summed E-state index contributed by atoms with van der Waals surface area (Å²) in [6, 6.07) is 4.36. The molecule has 0 aliphatic heterocycles. The highest BCUT2D eigenvalue weighted by Gasteiger charge is 2.21. The smallest absolute Gasteiger partial charge is 0.0615 e. The molecular formula is C14H20BrCl. The fraction of sp³-hybridized carbons (Fsp3) is 0.571. The fourth-order valence-corrected chi connectivity index (χ4v) is 2.71. The molecular weight excluding hydrogens is 284 g/mol. The Labute approximate surface area is 113 Å². The summed E-state index contributed by atoms with van der Waals surface area (Å²) in [7, 11) is 0. The number of benzene rings is 1.